The predicted molar refractivity (Wildman–Crippen MR) is 74.9 cm³/mol. The van der Waals surface area contributed by atoms with Gasteiger partial charge in [0.1, 0.15) is 0 Å². The molecule has 2 aliphatic rings. The van der Waals surface area contributed by atoms with Gasteiger partial charge in [0, 0.05) is 25.7 Å². The Balaban J connectivity index is 1.94. The van der Waals surface area contributed by atoms with E-state index >= 15 is 0 Å². The fourth-order valence-corrected chi connectivity index (χ4v) is 3.08. The Morgan fingerprint density at radius 2 is 2.11 bits per heavy atom. The van der Waals surface area contributed by atoms with Crippen LogP contribution in [-0.2, 0) is 9.53 Å². The molecule has 5 nitrogen and oxygen atoms in total. The normalized spacial score (nSPS) is 30.9. The van der Waals surface area contributed by atoms with E-state index < -0.39 is 0 Å². The van der Waals surface area contributed by atoms with Crippen LogP contribution in [0.2, 0.25) is 0 Å². The van der Waals surface area contributed by atoms with Gasteiger partial charge in [0.15, 0.2) is 0 Å². The lowest BCUT2D eigenvalue weighted by atomic mass is 10.2. The topological polar surface area (TPSA) is 44.8 Å². The van der Waals surface area contributed by atoms with E-state index in [0.29, 0.717) is 0 Å². The second-order valence-electron chi connectivity index (χ2n) is 5.70. The molecule has 2 heterocycles. The number of carbonyl (C=O) groups is 1. The third kappa shape index (κ3) is 3.46. The number of ether oxygens (including phenoxy) is 1. The summed E-state index contributed by atoms with van der Waals surface area (Å²) in [6.45, 7) is 10.8. The molecule has 110 valence electrons. The van der Waals surface area contributed by atoms with E-state index in [0.717, 1.165) is 45.7 Å². The molecule has 2 rings (SSSR count). The first-order valence-electron chi connectivity index (χ1n) is 7.51. The van der Waals surface area contributed by atoms with Crippen molar-refractivity contribution < 1.29 is 9.53 Å². The summed E-state index contributed by atoms with van der Waals surface area (Å²) < 4.78 is 5.37. The molecule has 0 spiro atoms. The van der Waals surface area contributed by atoms with Crippen LogP contribution in [0, 0.1) is 0 Å². The van der Waals surface area contributed by atoms with Crippen LogP contribution in [0.4, 0.5) is 0 Å². The number of nitrogens with one attached hydrogen (secondary N) is 1. The molecule has 1 amide bonds. The van der Waals surface area contributed by atoms with Gasteiger partial charge in [-0.1, -0.05) is 13.3 Å². The van der Waals surface area contributed by atoms with Crippen LogP contribution in [0.1, 0.15) is 33.6 Å². The van der Waals surface area contributed by atoms with E-state index in [2.05, 4.69) is 29.0 Å². The maximum atomic E-state index is 12.3. The summed E-state index contributed by atoms with van der Waals surface area (Å²) in [5.74, 6) is 0.249. The van der Waals surface area contributed by atoms with Gasteiger partial charge in [-0.15, -0.1) is 0 Å². The first-order chi connectivity index (χ1) is 9.13. The number of nitrogens with zero attached hydrogens (tertiary/aromatic N) is 2. The number of morpholine rings is 1. The summed E-state index contributed by atoms with van der Waals surface area (Å²) in [7, 11) is 0. The smallest absolute Gasteiger partial charge is 0.241 e. The van der Waals surface area contributed by atoms with Crippen molar-refractivity contribution in [3.05, 3.63) is 0 Å². The third-order valence-corrected chi connectivity index (χ3v) is 4.07. The van der Waals surface area contributed by atoms with Gasteiger partial charge in [-0.25, -0.2) is 0 Å². The summed E-state index contributed by atoms with van der Waals surface area (Å²) in [6.07, 6.45) is 2.34. The van der Waals surface area contributed by atoms with Crippen LogP contribution < -0.4 is 5.32 Å². The second-order valence-corrected chi connectivity index (χ2v) is 5.70. The van der Waals surface area contributed by atoms with Crippen LogP contribution in [0.3, 0.4) is 0 Å². The van der Waals surface area contributed by atoms with Crippen LogP contribution in [-0.4, -0.2) is 66.8 Å². The summed E-state index contributed by atoms with van der Waals surface area (Å²) in [4.78, 5) is 16.7. The molecule has 0 aromatic heterocycles. The van der Waals surface area contributed by atoms with E-state index in [1.54, 1.807) is 0 Å². The lowest BCUT2D eigenvalue weighted by molar-refractivity contribution is -0.132. The van der Waals surface area contributed by atoms with Crippen molar-refractivity contribution in [3.63, 3.8) is 0 Å². The monoisotopic (exact) mass is 269 g/mol. The van der Waals surface area contributed by atoms with Gasteiger partial charge >= 0.3 is 0 Å². The Morgan fingerprint density at radius 3 is 2.74 bits per heavy atom. The van der Waals surface area contributed by atoms with E-state index in [-0.39, 0.29) is 24.2 Å². The average molecular weight is 269 g/mol. The zero-order valence-electron chi connectivity index (χ0n) is 12.4. The van der Waals surface area contributed by atoms with E-state index in [1.165, 1.54) is 0 Å². The molecule has 1 N–H and O–H groups in total. The third-order valence-electron chi connectivity index (χ3n) is 4.07. The molecular weight excluding hydrogens is 242 g/mol. The van der Waals surface area contributed by atoms with Crippen molar-refractivity contribution in [3.8, 4) is 0 Å². The largest absolute Gasteiger partial charge is 0.379 e. The zero-order chi connectivity index (χ0) is 13.8. The highest BCUT2D eigenvalue weighted by Crippen LogP contribution is 2.19. The van der Waals surface area contributed by atoms with E-state index in [1.807, 2.05) is 6.92 Å². The number of rotatable bonds is 5. The molecule has 0 saturated carbocycles. The van der Waals surface area contributed by atoms with E-state index in [4.69, 9.17) is 4.74 Å². The second kappa shape index (κ2) is 6.68. The molecule has 0 aromatic carbocycles. The van der Waals surface area contributed by atoms with Crippen molar-refractivity contribution in [2.24, 2.45) is 0 Å². The summed E-state index contributed by atoms with van der Waals surface area (Å²) in [5, 5.41) is 3.41. The minimum Gasteiger partial charge on any atom is -0.379 e. The van der Waals surface area contributed by atoms with Crippen molar-refractivity contribution >= 4 is 5.91 Å². The van der Waals surface area contributed by atoms with Gasteiger partial charge in [-0.3, -0.25) is 15.0 Å². The average Bonchev–Trinajstić information content (AvgIpc) is 2.66. The van der Waals surface area contributed by atoms with E-state index in [9.17, 15) is 4.79 Å². The molecule has 5 heteroatoms. The van der Waals surface area contributed by atoms with Gasteiger partial charge in [0.05, 0.1) is 25.4 Å². The first kappa shape index (κ1) is 14.8. The summed E-state index contributed by atoms with van der Waals surface area (Å²) in [5.41, 5.74) is 0. The van der Waals surface area contributed by atoms with Gasteiger partial charge in [-0.05, 0) is 20.3 Å². The quantitative estimate of drug-likeness (QED) is 0.796. The van der Waals surface area contributed by atoms with Crippen LogP contribution in [0.15, 0.2) is 0 Å². The van der Waals surface area contributed by atoms with Crippen LogP contribution in [0.5, 0.6) is 0 Å². The number of amides is 1. The molecule has 19 heavy (non-hydrogen) atoms. The molecule has 0 aliphatic carbocycles. The molecule has 0 aromatic rings. The molecule has 3 unspecified atom stereocenters. The molecular formula is C14H27N3O2. The van der Waals surface area contributed by atoms with Gasteiger partial charge in [-0.2, -0.15) is 0 Å². The summed E-state index contributed by atoms with van der Waals surface area (Å²) in [6, 6.07) is 0.225. The maximum Gasteiger partial charge on any atom is 0.241 e. The maximum absolute atomic E-state index is 12.3. The minimum atomic E-state index is -0.0383. The number of hydrogen-bond acceptors (Lipinski definition) is 4. The Bertz CT molecular complexity index is 305. The molecule has 2 saturated heterocycles. The lowest BCUT2D eigenvalue weighted by Gasteiger charge is -2.35. The molecule has 0 radical (unpaired) electrons. The van der Waals surface area contributed by atoms with Crippen molar-refractivity contribution in [2.75, 3.05) is 32.8 Å². The lowest BCUT2D eigenvalue weighted by Crippen LogP contribution is -2.50. The first-order valence-corrected chi connectivity index (χ1v) is 7.51. The number of hydrogen-bond donors (Lipinski definition) is 1. The summed E-state index contributed by atoms with van der Waals surface area (Å²) >= 11 is 0. The standard InChI is InChI=1S/C14H27N3O2/c1-4-5-13-15-12(3)14(18)17(13)11(2)10-16-6-8-19-9-7-16/h11-13,15H,4-10H2,1-3H3. The SMILES string of the molecule is CCCC1NC(C)C(=O)N1C(C)CN1CCOCC1. The highest BCUT2D eigenvalue weighted by atomic mass is 16.5. The van der Waals surface area contributed by atoms with Crippen molar-refractivity contribution in [1.29, 1.82) is 0 Å². The molecule has 2 aliphatic heterocycles. The highest BCUT2D eigenvalue weighted by Gasteiger charge is 2.38. The van der Waals surface area contributed by atoms with Crippen LogP contribution >= 0.6 is 0 Å². The number of carbonyl (C=O) groups excluding carboxylic acids is 1. The van der Waals surface area contributed by atoms with Crippen LogP contribution in [0.25, 0.3) is 0 Å². The minimum absolute atomic E-state index is 0.0383. The van der Waals surface area contributed by atoms with Gasteiger partial charge < -0.3 is 9.64 Å². The zero-order valence-corrected chi connectivity index (χ0v) is 12.4. The highest BCUT2D eigenvalue weighted by molar-refractivity contribution is 5.84. The van der Waals surface area contributed by atoms with Gasteiger partial charge in [0.25, 0.3) is 0 Å². The molecule has 3 atom stereocenters. The Labute approximate surface area is 116 Å². The Morgan fingerprint density at radius 1 is 1.42 bits per heavy atom. The molecule has 2 fully saturated rings. The Kier molecular flexibility index (Phi) is 5.19. The Hall–Kier alpha value is -0.650. The predicted octanol–water partition coefficient (Wildman–Crippen LogP) is 0.654. The molecule has 0 bridgehead atoms. The fraction of sp³-hybridized carbons (Fsp3) is 0.929. The van der Waals surface area contributed by atoms with Crippen molar-refractivity contribution in [2.45, 2.75) is 51.9 Å². The fourth-order valence-electron chi connectivity index (χ4n) is 3.08. The van der Waals surface area contributed by atoms with Gasteiger partial charge in [0.2, 0.25) is 5.91 Å². The van der Waals surface area contributed by atoms with Crippen molar-refractivity contribution in [1.82, 2.24) is 15.1 Å².